The molecule has 0 saturated carbocycles. The number of aromatic hydroxyl groups is 1. The molecule has 2 aromatic rings. The van der Waals surface area contributed by atoms with Gasteiger partial charge in [0.15, 0.2) is 0 Å². The van der Waals surface area contributed by atoms with Gasteiger partial charge in [-0.05, 0) is 45.2 Å². The zero-order valence-corrected chi connectivity index (χ0v) is 17.3. The van der Waals surface area contributed by atoms with Crippen LogP contribution in [0.25, 0.3) is 0 Å². The highest BCUT2D eigenvalue weighted by Crippen LogP contribution is 2.34. The second-order valence-electron chi connectivity index (χ2n) is 8.29. The number of aromatic nitrogens is 2. The van der Waals surface area contributed by atoms with Crippen molar-refractivity contribution < 1.29 is 9.90 Å². The van der Waals surface area contributed by atoms with Crippen molar-refractivity contribution in [2.24, 2.45) is 0 Å². The van der Waals surface area contributed by atoms with Crippen LogP contribution in [-0.4, -0.2) is 43.9 Å². The first-order valence-electron chi connectivity index (χ1n) is 10.2. The lowest BCUT2D eigenvalue weighted by molar-refractivity contribution is -0.129. The summed E-state index contributed by atoms with van der Waals surface area (Å²) >= 11 is 0. The highest BCUT2D eigenvalue weighted by molar-refractivity contribution is 5.73. The summed E-state index contributed by atoms with van der Waals surface area (Å²) in [6.45, 7) is 7.95. The molecule has 4 rings (SSSR count). The molecule has 0 aliphatic carbocycles. The normalized spacial score (nSPS) is 19.4. The second kappa shape index (κ2) is 7.63. The Labute approximate surface area is 170 Å². The van der Waals surface area contributed by atoms with Crippen molar-refractivity contribution >= 4 is 5.91 Å². The molecule has 0 spiro atoms. The minimum Gasteiger partial charge on any atom is -0.507 e. The molecule has 7 heteroatoms. The maximum absolute atomic E-state index is 12.7. The van der Waals surface area contributed by atoms with Gasteiger partial charge in [-0.1, -0.05) is 17.7 Å². The first-order chi connectivity index (χ1) is 13.8. The van der Waals surface area contributed by atoms with Crippen LogP contribution < -0.4 is 5.56 Å². The number of aromatic amines is 1. The molecule has 1 fully saturated rings. The molecule has 29 heavy (non-hydrogen) atoms. The topological polar surface area (TPSA) is 89.5 Å². The van der Waals surface area contributed by atoms with Gasteiger partial charge in [-0.15, -0.1) is 0 Å². The number of benzene rings is 1. The monoisotopic (exact) mass is 396 g/mol. The molecule has 7 nitrogen and oxygen atoms in total. The number of rotatable bonds is 3. The molecule has 2 aliphatic heterocycles. The summed E-state index contributed by atoms with van der Waals surface area (Å²) in [5, 5.41) is 10.5. The molecule has 1 saturated heterocycles. The lowest BCUT2D eigenvalue weighted by Crippen LogP contribution is -2.39. The van der Waals surface area contributed by atoms with E-state index in [1.54, 1.807) is 11.8 Å². The van der Waals surface area contributed by atoms with Crippen LogP contribution in [0.5, 0.6) is 5.75 Å². The molecule has 154 valence electrons. The van der Waals surface area contributed by atoms with Gasteiger partial charge in [-0.3, -0.25) is 14.5 Å². The predicted octanol–water partition coefficient (Wildman–Crippen LogP) is 2.33. The number of hydrogen-bond acceptors (Lipinski definition) is 5. The zero-order chi connectivity index (χ0) is 20.7. The van der Waals surface area contributed by atoms with Crippen LogP contribution in [0.4, 0.5) is 0 Å². The number of hydrogen-bond donors (Lipinski definition) is 2. The number of nitrogens with zero attached hydrogens (tertiary/aromatic N) is 3. The van der Waals surface area contributed by atoms with Gasteiger partial charge in [-0.25, -0.2) is 4.98 Å². The van der Waals surface area contributed by atoms with Crippen LogP contribution in [-0.2, 0) is 24.3 Å². The lowest BCUT2D eigenvalue weighted by atomic mass is 10.0. The molecule has 1 aromatic carbocycles. The number of phenolic OH excluding ortho intramolecular Hbond substituents is 1. The van der Waals surface area contributed by atoms with Gasteiger partial charge in [0.1, 0.15) is 11.6 Å². The molecule has 0 bridgehead atoms. The SMILES string of the molecule is CC(=O)N1CCc2c(nc([C@H]3CCCN3Cc3cc(C)cc(C)c3O)[nH]c2=O)C1. The van der Waals surface area contributed by atoms with Gasteiger partial charge in [0.05, 0.1) is 18.3 Å². The highest BCUT2D eigenvalue weighted by Gasteiger charge is 2.31. The van der Waals surface area contributed by atoms with E-state index in [0.717, 1.165) is 36.1 Å². The zero-order valence-electron chi connectivity index (χ0n) is 17.3. The number of amides is 1. The molecule has 2 N–H and O–H groups in total. The number of H-pyrrole nitrogens is 1. The van der Waals surface area contributed by atoms with E-state index in [9.17, 15) is 14.7 Å². The Kier molecular flexibility index (Phi) is 5.17. The van der Waals surface area contributed by atoms with Crippen LogP contribution in [0.15, 0.2) is 16.9 Å². The Balaban J connectivity index is 1.63. The molecule has 1 aromatic heterocycles. The van der Waals surface area contributed by atoms with Crippen LogP contribution in [0.1, 0.15) is 59.6 Å². The van der Waals surface area contributed by atoms with E-state index in [4.69, 9.17) is 4.98 Å². The minimum absolute atomic E-state index is 0.000855. The first-order valence-corrected chi connectivity index (χ1v) is 10.2. The summed E-state index contributed by atoms with van der Waals surface area (Å²) in [6.07, 6.45) is 2.46. The van der Waals surface area contributed by atoms with Gasteiger partial charge in [0, 0.05) is 31.1 Å². The van der Waals surface area contributed by atoms with Gasteiger partial charge >= 0.3 is 0 Å². The van der Waals surface area contributed by atoms with Crippen LogP contribution in [0.3, 0.4) is 0 Å². The summed E-state index contributed by atoms with van der Waals surface area (Å²) in [5.74, 6) is 1.01. The third-order valence-electron chi connectivity index (χ3n) is 6.11. The maximum atomic E-state index is 12.7. The molecule has 1 atom stereocenters. The first kappa shape index (κ1) is 19.6. The minimum atomic E-state index is -0.0886. The predicted molar refractivity (Wildman–Crippen MR) is 110 cm³/mol. The van der Waals surface area contributed by atoms with Crippen molar-refractivity contribution in [3.8, 4) is 5.75 Å². The Morgan fingerprint density at radius 2 is 2.10 bits per heavy atom. The molecule has 0 unspecified atom stereocenters. The van der Waals surface area contributed by atoms with Crippen molar-refractivity contribution in [2.45, 2.75) is 59.2 Å². The van der Waals surface area contributed by atoms with Gasteiger partial charge in [-0.2, -0.15) is 0 Å². The Bertz CT molecular complexity index is 1010. The number of phenols is 1. The standard InChI is InChI=1S/C22H28N4O3/c1-13-9-14(2)20(28)16(10-13)11-26-7-4-5-19(26)21-23-18-12-25(15(3)27)8-6-17(18)22(29)24-21/h9-10,19,28H,4-8,11-12H2,1-3H3,(H,23,24,29)/t19-/m1/s1. The number of carbonyl (C=O) groups excluding carboxylic acids is 1. The van der Waals surface area contributed by atoms with Crippen molar-refractivity contribution in [3.63, 3.8) is 0 Å². The number of likely N-dealkylation sites (tertiary alicyclic amines) is 1. The fraction of sp³-hybridized carbons (Fsp3) is 0.500. The Morgan fingerprint density at radius 3 is 2.86 bits per heavy atom. The van der Waals surface area contributed by atoms with Gasteiger partial charge in [0.25, 0.3) is 5.56 Å². The van der Waals surface area contributed by atoms with Crippen LogP contribution in [0, 0.1) is 13.8 Å². The average molecular weight is 396 g/mol. The third-order valence-corrected chi connectivity index (χ3v) is 6.11. The smallest absolute Gasteiger partial charge is 0.254 e. The Hall–Kier alpha value is -2.67. The van der Waals surface area contributed by atoms with E-state index < -0.39 is 0 Å². The van der Waals surface area contributed by atoms with E-state index in [1.807, 2.05) is 26.0 Å². The fourth-order valence-electron chi connectivity index (χ4n) is 4.60. The van der Waals surface area contributed by atoms with Crippen molar-refractivity contribution in [3.05, 3.63) is 56.3 Å². The average Bonchev–Trinajstić information content (AvgIpc) is 3.13. The number of nitrogens with one attached hydrogen (secondary N) is 1. The molecule has 0 radical (unpaired) electrons. The number of fused-ring (bicyclic) bond motifs is 1. The Morgan fingerprint density at radius 1 is 1.31 bits per heavy atom. The summed E-state index contributed by atoms with van der Waals surface area (Å²) in [4.78, 5) is 36.2. The van der Waals surface area contributed by atoms with Crippen molar-refractivity contribution in [1.29, 1.82) is 0 Å². The van der Waals surface area contributed by atoms with E-state index >= 15 is 0 Å². The van der Waals surface area contributed by atoms with Crippen LogP contribution >= 0.6 is 0 Å². The largest absolute Gasteiger partial charge is 0.507 e. The second-order valence-corrected chi connectivity index (χ2v) is 8.29. The fourth-order valence-corrected chi connectivity index (χ4v) is 4.60. The molecule has 1 amide bonds. The van der Waals surface area contributed by atoms with Gasteiger partial charge < -0.3 is 15.0 Å². The highest BCUT2D eigenvalue weighted by atomic mass is 16.3. The lowest BCUT2D eigenvalue weighted by Gasteiger charge is -2.29. The molecular weight excluding hydrogens is 368 g/mol. The summed E-state index contributed by atoms with van der Waals surface area (Å²) in [6, 6.07) is 4.00. The number of carbonyl (C=O) groups is 1. The molecule has 2 aliphatic rings. The van der Waals surface area contributed by atoms with E-state index in [-0.39, 0.29) is 17.5 Å². The van der Waals surface area contributed by atoms with Crippen LogP contribution in [0.2, 0.25) is 0 Å². The van der Waals surface area contributed by atoms with Crippen molar-refractivity contribution in [2.75, 3.05) is 13.1 Å². The van der Waals surface area contributed by atoms with E-state index in [0.29, 0.717) is 48.9 Å². The van der Waals surface area contributed by atoms with Crippen molar-refractivity contribution in [1.82, 2.24) is 19.8 Å². The summed E-state index contributed by atoms with van der Waals surface area (Å²) < 4.78 is 0. The third kappa shape index (κ3) is 3.79. The number of aryl methyl sites for hydroxylation is 2. The van der Waals surface area contributed by atoms with E-state index in [2.05, 4.69) is 9.88 Å². The summed E-state index contributed by atoms with van der Waals surface area (Å²) in [7, 11) is 0. The maximum Gasteiger partial charge on any atom is 0.254 e. The quantitative estimate of drug-likeness (QED) is 0.831. The van der Waals surface area contributed by atoms with E-state index in [1.165, 1.54) is 0 Å². The van der Waals surface area contributed by atoms with Gasteiger partial charge in [0.2, 0.25) is 5.91 Å². The molecular formula is C22H28N4O3. The molecule has 3 heterocycles. The summed E-state index contributed by atoms with van der Waals surface area (Å²) in [5.41, 5.74) is 4.22.